The van der Waals surface area contributed by atoms with Gasteiger partial charge in [-0.1, -0.05) is 0 Å². The average molecular weight is 347 g/mol. The number of benzene rings is 1. The van der Waals surface area contributed by atoms with E-state index < -0.39 is 0 Å². The number of rotatable bonds is 7. The van der Waals surface area contributed by atoms with Crippen LogP contribution in [0.5, 0.6) is 17.2 Å². The Bertz CT molecular complexity index is 456. The number of aliphatic hydroxyl groups is 1. The monoisotopic (exact) mass is 346 g/mol. The maximum Gasteiger partial charge on any atom is 0.131 e. The van der Waals surface area contributed by atoms with Gasteiger partial charge in [-0.05, 0) is 6.42 Å². The second kappa shape index (κ2) is 9.82. The number of ether oxygens (including phenoxy) is 3. The van der Waals surface area contributed by atoms with Gasteiger partial charge in [0.15, 0.2) is 0 Å². The molecule has 0 bridgehead atoms. The van der Waals surface area contributed by atoms with Crippen LogP contribution in [0.1, 0.15) is 18.0 Å². The van der Waals surface area contributed by atoms with Crippen LogP contribution >= 0.6 is 12.4 Å². The molecule has 1 heterocycles. The van der Waals surface area contributed by atoms with Crippen LogP contribution in [-0.4, -0.2) is 64.1 Å². The molecule has 0 radical (unpaired) electrons. The van der Waals surface area contributed by atoms with Crippen molar-refractivity contribution in [2.75, 3.05) is 54.1 Å². The lowest BCUT2D eigenvalue weighted by Crippen LogP contribution is -2.45. The van der Waals surface area contributed by atoms with Crippen LogP contribution in [0.2, 0.25) is 0 Å². The van der Waals surface area contributed by atoms with Gasteiger partial charge in [-0.2, -0.15) is 0 Å². The lowest BCUT2D eigenvalue weighted by molar-refractivity contribution is 0.136. The highest BCUT2D eigenvalue weighted by atomic mass is 35.5. The summed E-state index contributed by atoms with van der Waals surface area (Å²) < 4.78 is 16.4. The summed E-state index contributed by atoms with van der Waals surface area (Å²) in [5.41, 5.74) is 0.974. The first-order chi connectivity index (χ1) is 10.7. The molecule has 6 nitrogen and oxygen atoms in total. The number of nitrogens with one attached hydrogen (secondary N) is 1. The number of hydrogen-bond acceptors (Lipinski definition) is 6. The summed E-state index contributed by atoms with van der Waals surface area (Å²) in [5, 5.41) is 12.9. The Morgan fingerprint density at radius 1 is 1.09 bits per heavy atom. The topological polar surface area (TPSA) is 63.2 Å². The van der Waals surface area contributed by atoms with E-state index in [1.807, 2.05) is 12.1 Å². The van der Waals surface area contributed by atoms with Crippen molar-refractivity contribution in [3.05, 3.63) is 17.7 Å². The molecule has 2 rings (SSSR count). The minimum absolute atomic E-state index is 0. The van der Waals surface area contributed by atoms with Crippen LogP contribution in [0.25, 0.3) is 0 Å². The molecule has 1 aromatic carbocycles. The van der Waals surface area contributed by atoms with Gasteiger partial charge in [0.2, 0.25) is 0 Å². The molecule has 1 aliphatic rings. The molecule has 0 aromatic heterocycles. The predicted octanol–water partition coefficient (Wildman–Crippen LogP) is 1.46. The number of nitrogens with zero attached hydrogens (tertiary/aromatic N) is 1. The van der Waals surface area contributed by atoms with Crippen molar-refractivity contribution >= 4 is 12.4 Å². The maximum atomic E-state index is 9.51. The first-order valence-electron chi connectivity index (χ1n) is 7.60. The number of piperazine rings is 1. The van der Waals surface area contributed by atoms with E-state index >= 15 is 0 Å². The molecule has 0 amide bonds. The molecule has 23 heavy (non-hydrogen) atoms. The Labute approximate surface area is 144 Å². The highest BCUT2D eigenvalue weighted by Crippen LogP contribution is 2.41. The van der Waals surface area contributed by atoms with Crippen LogP contribution in [0.4, 0.5) is 0 Å². The number of hydrogen-bond donors (Lipinski definition) is 2. The fraction of sp³-hybridized carbons (Fsp3) is 0.625. The molecule has 0 aliphatic carbocycles. The summed E-state index contributed by atoms with van der Waals surface area (Å²) in [7, 11) is 4.91. The molecular weight excluding hydrogens is 320 g/mol. The normalized spacial score (nSPS) is 16.3. The highest BCUT2D eigenvalue weighted by Gasteiger charge is 2.28. The summed E-state index contributed by atoms with van der Waals surface area (Å²) in [6.07, 6.45) is 0.638. The molecule has 0 unspecified atom stereocenters. The molecule has 1 saturated heterocycles. The molecule has 0 saturated carbocycles. The Balaban J connectivity index is 0.00000264. The third kappa shape index (κ3) is 4.64. The zero-order valence-electron chi connectivity index (χ0n) is 14.0. The Morgan fingerprint density at radius 2 is 1.65 bits per heavy atom. The van der Waals surface area contributed by atoms with Crippen LogP contribution in [0, 0.1) is 0 Å². The van der Waals surface area contributed by atoms with Gasteiger partial charge >= 0.3 is 0 Å². The average Bonchev–Trinajstić information content (AvgIpc) is 2.59. The smallest absolute Gasteiger partial charge is 0.131 e. The fourth-order valence-electron chi connectivity index (χ4n) is 2.99. The minimum Gasteiger partial charge on any atom is -0.496 e. The fourth-order valence-corrected chi connectivity index (χ4v) is 2.99. The first-order valence-corrected chi connectivity index (χ1v) is 7.60. The van der Waals surface area contributed by atoms with E-state index in [1.165, 1.54) is 0 Å². The molecule has 132 valence electrons. The predicted molar refractivity (Wildman–Crippen MR) is 92.2 cm³/mol. The van der Waals surface area contributed by atoms with E-state index in [2.05, 4.69) is 10.2 Å². The van der Waals surface area contributed by atoms with E-state index in [-0.39, 0.29) is 25.1 Å². The Kier molecular flexibility index (Phi) is 8.47. The van der Waals surface area contributed by atoms with Crippen molar-refractivity contribution < 1.29 is 19.3 Å². The highest BCUT2D eigenvalue weighted by molar-refractivity contribution is 5.85. The number of halogens is 1. The SMILES string of the molecule is COc1cc(OC)c([C@@H](CCO)N2CCNCC2)c(OC)c1.Cl. The molecule has 1 atom stereocenters. The summed E-state index contributed by atoms with van der Waals surface area (Å²) in [6.45, 7) is 3.88. The second-order valence-corrected chi connectivity index (χ2v) is 5.26. The van der Waals surface area contributed by atoms with Crippen molar-refractivity contribution in [2.45, 2.75) is 12.5 Å². The summed E-state index contributed by atoms with van der Waals surface area (Å²) in [5.74, 6) is 2.15. The van der Waals surface area contributed by atoms with E-state index in [4.69, 9.17) is 14.2 Å². The van der Waals surface area contributed by atoms with Crippen molar-refractivity contribution in [1.29, 1.82) is 0 Å². The standard InChI is InChI=1S/C16H26N2O4.ClH/c1-20-12-10-14(21-2)16(15(11-12)22-3)13(4-9-19)18-7-5-17-6-8-18;/h10-11,13,17,19H,4-9H2,1-3H3;1H/t13-;/m1./s1. The van der Waals surface area contributed by atoms with Crippen LogP contribution in [-0.2, 0) is 0 Å². The summed E-state index contributed by atoms with van der Waals surface area (Å²) >= 11 is 0. The van der Waals surface area contributed by atoms with E-state index in [9.17, 15) is 5.11 Å². The van der Waals surface area contributed by atoms with Gasteiger partial charge in [-0.3, -0.25) is 4.90 Å². The quantitative estimate of drug-likeness (QED) is 0.779. The van der Waals surface area contributed by atoms with Crippen molar-refractivity contribution in [3.63, 3.8) is 0 Å². The number of methoxy groups -OCH3 is 3. The first kappa shape index (κ1) is 19.8. The minimum atomic E-state index is 0. The van der Waals surface area contributed by atoms with Crippen LogP contribution in [0.15, 0.2) is 12.1 Å². The lowest BCUT2D eigenvalue weighted by Gasteiger charge is -2.36. The Morgan fingerprint density at radius 3 is 2.09 bits per heavy atom. The van der Waals surface area contributed by atoms with E-state index in [0.717, 1.165) is 43.2 Å². The van der Waals surface area contributed by atoms with Crippen molar-refractivity contribution in [3.8, 4) is 17.2 Å². The van der Waals surface area contributed by atoms with Crippen molar-refractivity contribution in [2.24, 2.45) is 0 Å². The van der Waals surface area contributed by atoms with Crippen LogP contribution in [0.3, 0.4) is 0 Å². The van der Waals surface area contributed by atoms with Crippen molar-refractivity contribution in [1.82, 2.24) is 10.2 Å². The third-order valence-corrected chi connectivity index (χ3v) is 4.08. The van der Waals surface area contributed by atoms with E-state index in [1.54, 1.807) is 21.3 Å². The van der Waals surface area contributed by atoms with E-state index in [0.29, 0.717) is 12.2 Å². The van der Waals surface area contributed by atoms with Gasteiger partial charge in [0.1, 0.15) is 17.2 Å². The lowest BCUT2D eigenvalue weighted by atomic mass is 9.98. The zero-order valence-corrected chi connectivity index (χ0v) is 14.8. The van der Waals surface area contributed by atoms with Gasteiger partial charge in [0.05, 0.1) is 26.9 Å². The van der Waals surface area contributed by atoms with Gasteiger partial charge in [0.25, 0.3) is 0 Å². The molecule has 7 heteroatoms. The van der Waals surface area contributed by atoms with Gasteiger partial charge in [0, 0.05) is 51.0 Å². The van der Waals surface area contributed by atoms with Gasteiger partial charge in [-0.15, -0.1) is 12.4 Å². The Hall–Kier alpha value is -1.21. The largest absolute Gasteiger partial charge is 0.496 e. The van der Waals surface area contributed by atoms with Crippen LogP contribution < -0.4 is 19.5 Å². The maximum absolute atomic E-state index is 9.51. The van der Waals surface area contributed by atoms with Gasteiger partial charge < -0.3 is 24.6 Å². The second-order valence-electron chi connectivity index (χ2n) is 5.26. The van der Waals surface area contributed by atoms with Gasteiger partial charge in [-0.25, -0.2) is 0 Å². The summed E-state index contributed by atoms with van der Waals surface area (Å²) in [4.78, 5) is 2.36. The molecule has 1 fully saturated rings. The zero-order chi connectivity index (χ0) is 15.9. The molecular formula is C16H27ClN2O4. The third-order valence-electron chi connectivity index (χ3n) is 4.08. The molecule has 2 N–H and O–H groups in total. The molecule has 1 aliphatic heterocycles. The molecule has 0 spiro atoms. The summed E-state index contributed by atoms with van der Waals surface area (Å²) in [6, 6.07) is 3.79. The number of aliphatic hydroxyl groups excluding tert-OH is 1. The molecule has 1 aromatic rings.